The van der Waals surface area contributed by atoms with Gasteiger partial charge in [-0.05, 0) is 61.7 Å². The minimum Gasteiger partial charge on any atom is -0.434 e. The third-order valence-corrected chi connectivity index (χ3v) is 5.71. The van der Waals surface area contributed by atoms with E-state index in [0.29, 0.717) is 50.3 Å². The number of nitrogens with zero attached hydrogens (tertiary/aromatic N) is 2. The highest BCUT2D eigenvalue weighted by Crippen LogP contribution is 2.17. The third-order valence-electron chi connectivity index (χ3n) is 5.22. The van der Waals surface area contributed by atoms with E-state index in [1.54, 1.807) is 36.1 Å². The van der Waals surface area contributed by atoms with E-state index in [4.69, 9.17) is 9.47 Å². The van der Waals surface area contributed by atoms with E-state index in [9.17, 15) is 14.4 Å². The Morgan fingerprint density at radius 1 is 0.969 bits per heavy atom. The lowest BCUT2D eigenvalue weighted by atomic mass is 10.1. The van der Waals surface area contributed by atoms with E-state index in [1.165, 1.54) is 0 Å². The third kappa shape index (κ3) is 6.82. The van der Waals surface area contributed by atoms with E-state index < -0.39 is 6.16 Å². The Kier molecular flexibility index (Phi) is 8.67. The Labute approximate surface area is 196 Å². The summed E-state index contributed by atoms with van der Waals surface area (Å²) < 4.78 is 10.8. The zero-order valence-electron chi connectivity index (χ0n) is 18.1. The highest BCUT2D eigenvalue weighted by molar-refractivity contribution is 9.10. The van der Waals surface area contributed by atoms with Crippen molar-refractivity contribution in [2.45, 2.75) is 26.2 Å². The molecule has 8 heteroatoms. The van der Waals surface area contributed by atoms with Gasteiger partial charge in [0.05, 0.1) is 6.61 Å². The first-order valence-electron chi connectivity index (χ1n) is 10.7. The van der Waals surface area contributed by atoms with Gasteiger partial charge in [-0.15, -0.1) is 0 Å². The molecule has 0 aliphatic carbocycles. The van der Waals surface area contributed by atoms with Crippen LogP contribution in [0.3, 0.4) is 0 Å². The Hall–Kier alpha value is -2.87. The van der Waals surface area contributed by atoms with Crippen molar-refractivity contribution in [3.63, 3.8) is 0 Å². The highest BCUT2D eigenvalue weighted by Gasteiger charge is 2.23. The fourth-order valence-corrected chi connectivity index (χ4v) is 4.01. The van der Waals surface area contributed by atoms with Crippen molar-refractivity contribution in [1.29, 1.82) is 0 Å². The molecule has 7 nitrogen and oxygen atoms in total. The normalized spacial score (nSPS) is 13.9. The smallest absolute Gasteiger partial charge is 0.434 e. The number of amides is 2. The largest absolute Gasteiger partial charge is 0.513 e. The molecule has 170 valence electrons. The maximum atomic E-state index is 12.9. The van der Waals surface area contributed by atoms with Crippen LogP contribution >= 0.6 is 15.9 Å². The second kappa shape index (κ2) is 11.7. The number of hydrogen-bond acceptors (Lipinski definition) is 5. The molecule has 32 heavy (non-hydrogen) atoms. The molecule has 1 fully saturated rings. The summed E-state index contributed by atoms with van der Waals surface area (Å²) in [4.78, 5) is 40.6. The fraction of sp³-hybridized carbons (Fsp3) is 0.375. The Balaban J connectivity index is 1.51. The van der Waals surface area contributed by atoms with E-state index in [0.717, 1.165) is 16.5 Å². The molecule has 0 saturated carbocycles. The summed E-state index contributed by atoms with van der Waals surface area (Å²) in [5.41, 5.74) is 1.63. The fourth-order valence-electron chi connectivity index (χ4n) is 3.56. The maximum Gasteiger partial charge on any atom is 0.513 e. The molecule has 2 aromatic rings. The number of ether oxygens (including phenoxy) is 2. The maximum absolute atomic E-state index is 12.9. The second-order valence-electron chi connectivity index (χ2n) is 7.47. The summed E-state index contributed by atoms with van der Waals surface area (Å²) in [7, 11) is 0. The van der Waals surface area contributed by atoms with Gasteiger partial charge in [-0.2, -0.15) is 0 Å². The lowest BCUT2D eigenvalue weighted by Gasteiger charge is -2.22. The van der Waals surface area contributed by atoms with Crippen LogP contribution in [0.1, 0.15) is 35.7 Å². The van der Waals surface area contributed by atoms with Crippen molar-refractivity contribution >= 4 is 33.9 Å². The molecule has 1 heterocycles. The van der Waals surface area contributed by atoms with Crippen molar-refractivity contribution in [2.75, 3.05) is 32.8 Å². The molecule has 0 atom stereocenters. The number of benzene rings is 2. The number of rotatable bonds is 6. The molecule has 2 aromatic carbocycles. The highest BCUT2D eigenvalue weighted by atomic mass is 79.9. The first-order chi connectivity index (χ1) is 15.5. The SMILES string of the molecule is CCOC(=O)Oc1ccc(C(=O)N2CCCN(C(=O)CCc3cccc(Br)c3)CC2)cc1. The van der Waals surface area contributed by atoms with Gasteiger partial charge in [0.25, 0.3) is 5.91 Å². The molecule has 2 amide bonds. The molecule has 0 aromatic heterocycles. The zero-order chi connectivity index (χ0) is 22.9. The van der Waals surface area contributed by atoms with Crippen molar-refractivity contribution in [3.8, 4) is 5.75 Å². The second-order valence-corrected chi connectivity index (χ2v) is 8.38. The van der Waals surface area contributed by atoms with Crippen molar-refractivity contribution in [3.05, 3.63) is 64.1 Å². The molecule has 3 rings (SSSR count). The van der Waals surface area contributed by atoms with E-state index in [2.05, 4.69) is 15.9 Å². The summed E-state index contributed by atoms with van der Waals surface area (Å²) in [6, 6.07) is 14.4. The first kappa shape index (κ1) is 23.8. The van der Waals surface area contributed by atoms with Gasteiger partial charge in [-0.3, -0.25) is 9.59 Å². The van der Waals surface area contributed by atoms with Crippen molar-refractivity contribution in [1.82, 2.24) is 9.80 Å². The molecule has 0 N–H and O–H groups in total. The molecule has 0 unspecified atom stereocenters. The van der Waals surface area contributed by atoms with Crippen LogP contribution in [-0.4, -0.2) is 60.6 Å². The average Bonchev–Trinajstić information content (AvgIpc) is 3.04. The topological polar surface area (TPSA) is 76.2 Å². The Morgan fingerprint density at radius 3 is 2.41 bits per heavy atom. The number of carbonyl (C=O) groups is 3. The van der Waals surface area contributed by atoms with Gasteiger partial charge >= 0.3 is 6.16 Å². The van der Waals surface area contributed by atoms with Gasteiger partial charge in [0, 0.05) is 42.6 Å². The molecule has 1 aliphatic heterocycles. The summed E-state index contributed by atoms with van der Waals surface area (Å²) in [6.45, 7) is 4.17. The van der Waals surface area contributed by atoms with Gasteiger partial charge in [0.2, 0.25) is 5.91 Å². The van der Waals surface area contributed by atoms with Crippen LogP contribution in [0.5, 0.6) is 5.75 Å². The van der Waals surface area contributed by atoms with E-state index >= 15 is 0 Å². The monoisotopic (exact) mass is 502 g/mol. The minimum atomic E-state index is -0.774. The minimum absolute atomic E-state index is 0.101. The number of hydrogen-bond donors (Lipinski definition) is 0. The van der Waals surface area contributed by atoms with Crippen LogP contribution in [0.4, 0.5) is 4.79 Å². The van der Waals surface area contributed by atoms with Gasteiger partial charge in [0.15, 0.2) is 0 Å². The van der Waals surface area contributed by atoms with Gasteiger partial charge in [-0.25, -0.2) is 4.79 Å². The van der Waals surface area contributed by atoms with Gasteiger partial charge in [-0.1, -0.05) is 28.1 Å². The first-order valence-corrected chi connectivity index (χ1v) is 11.5. The zero-order valence-corrected chi connectivity index (χ0v) is 19.7. The van der Waals surface area contributed by atoms with Crippen LogP contribution in [-0.2, 0) is 16.0 Å². The molecular formula is C24H27BrN2O5. The van der Waals surface area contributed by atoms with Crippen LogP contribution in [0.2, 0.25) is 0 Å². The molecule has 0 bridgehead atoms. The number of aryl methyl sites for hydroxylation is 1. The molecular weight excluding hydrogens is 476 g/mol. The summed E-state index contributed by atoms with van der Waals surface area (Å²) >= 11 is 3.46. The summed E-state index contributed by atoms with van der Waals surface area (Å²) in [5.74, 6) is 0.328. The quantitative estimate of drug-likeness (QED) is 0.434. The lowest BCUT2D eigenvalue weighted by molar-refractivity contribution is -0.131. The van der Waals surface area contributed by atoms with Crippen LogP contribution in [0.25, 0.3) is 0 Å². The average molecular weight is 503 g/mol. The predicted octanol–water partition coefficient (Wildman–Crippen LogP) is 4.29. The standard InChI is InChI=1S/C24H27BrN2O5/c1-2-31-24(30)32-21-10-8-19(9-11-21)23(29)27-14-4-13-26(15-16-27)22(28)12-7-18-5-3-6-20(25)17-18/h3,5-6,8-11,17H,2,4,7,12-16H2,1H3. The number of halogens is 1. The Morgan fingerprint density at radius 2 is 1.69 bits per heavy atom. The van der Waals surface area contributed by atoms with Gasteiger partial charge in [0.1, 0.15) is 5.75 Å². The summed E-state index contributed by atoms with van der Waals surface area (Å²) in [5, 5.41) is 0. The molecule has 0 radical (unpaired) electrons. The molecule has 1 saturated heterocycles. The van der Waals surface area contributed by atoms with Crippen molar-refractivity contribution in [2.24, 2.45) is 0 Å². The predicted molar refractivity (Wildman–Crippen MR) is 124 cm³/mol. The van der Waals surface area contributed by atoms with Crippen LogP contribution in [0, 0.1) is 0 Å². The van der Waals surface area contributed by atoms with E-state index in [-0.39, 0.29) is 18.4 Å². The summed E-state index contributed by atoms with van der Waals surface area (Å²) in [6.07, 6.45) is 1.10. The van der Waals surface area contributed by atoms with E-state index in [1.807, 2.05) is 29.2 Å². The van der Waals surface area contributed by atoms with Gasteiger partial charge < -0.3 is 19.3 Å². The molecule has 1 aliphatic rings. The van der Waals surface area contributed by atoms with Crippen LogP contribution < -0.4 is 4.74 Å². The Bertz CT molecular complexity index is 948. The van der Waals surface area contributed by atoms with Crippen molar-refractivity contribution < 1.29 is 23.9 Å². The molecule has 0 spiro atoms. The van der Waals surface area contributed by atoms with Crippen LogP contribution in [0.15, 0.2) is 53.0 Å². The lowest BCUT2D eigenvalue weighted by Crippen LogP contribution is -2.37. The number of carbonyl (C=O) groups excluding carboxylic acids is 3.